The number of nitrogens with one attached hydrogen (secondary N) is 1. The van der Waals surface area contributed by atoms with Crippen LogP contribution < -0.4 is 14.2 Å². The summed E-state index contributed by atoms with van der Waals surface area (Å²) in [7, 11) is -3.33. The van der Waals surface area contributed by atoms with Gasteiger partial charge in [-0.3, -0.25) is 9.52 Å². The molecular formula is C19H19N3O5S. The van der Waals surface area contributed by atoms with Crippen LogP contribution in [0.2, 0.25) is 0 Å². The molecule has 0 aromatic heterocycles. The Kier molecular flexibility index (Phi) is 4.46. The molecule has 1 amide bonds. The van der Waals surface area contributed by atoms with Gasteiger partial charge in [0.25, 0.3) is 0 Å². The first-order valence-electron chi connectivity index (χ1n) is 8.65. The molecule has 1 unspecified atom stereocenters. The third kappa shape index (κ3) is 3.65. The van der Waals surface area contributed by atoms with Crippen LogP contribution in [0.5, 0.6) is 11.5 Å². The molecule has 4 rings (SSSR count). The number of fused-ring (bicyclic) bond motifs is 1. The van der Waals surface area contributed by atoms with Crippen LogP contribution in [0.3, 0.4) is 0 Å². The van der Waals surface area contributed by atoms with E-state index >= 15 is 0 Å². The van der Waals surface area contributed by atoms with Gasteiger partial charge >= 0.3 is 0 Å². The molecule has 2 heterocycles. The molecule has 2 aromatic carbocycles. The molecule has 8 nitrogen and oxygen atoms in total. The van der Waals surface area contributed by atoms with Crippen molar-refractivity contribution in [3.05, 3.63) is 53.6 Å². The molecule has 1 atom stereocenters. The lowest BCUT2D eigenvalue weighted by Crippen LogP contribution is -2.24. The van der Waals surface area contributed by atoms with Crippen LogP contribution in [-0.4, -0.2) is 38.1 Å². The second kappa shape index (κ2) is 6.83. The van der Waals surface area contributed by atoms with E-state index in [1.807, 2.05) is 18.2 Å². The molecule has 0 radical (unpaired) electrons. The lowest BCUT2D eigenvalue weighted by Gasteiger charge is -2.20. The number of sulfonamides is 1. The summed E-state index contributed by atoms with van der Waals surface area (Å²) in [6.45, 7) is 1.67. The summed E-state index contributed by atoms with van der Waals surface area (Å²) in [6, 6.07) is 12.3. The van der Waals surface area contributed by atoms with Gasteiger partial charge in [0.15, 0.2) is 11.5 Å². The molecule has 0 saturated heterocycles. The van der Waals surface area contributed by atoms with Crippen molar-refractivity contribution in [2.24, 2.45) is 5.10 Å². The van der Waals surface area contributed by atoms with Crippen LogP contribution in [0.1, 0.15) is 30.5 Å². The number of anilines is 1. The molecule has 1 N–H and O–H groups in total. The van der Waals surface area contributed by atoms with Crippen molar-refractivity contribution in [3.63, 3.8) is 0 Å². The largest absolute Gasteiger partial charge is 0.454 e. The van der Waals surface area contributed by atoms with E-state index in [-0.39, 0.29) is 18.7 Å². The van der Waals surface area contributed by atoms with Crippen LogP contribution in [-0.2, 0) is 14.8 Å². The van der Waals surface area contributed by atoms with Crippen molar-refractivity contribution in [2.75, 3.05) is 17.8 Å². The molecule has 0 saturated carbocycles. The number of nitrogens with zero attached hydrogens (tertiary/aromatic N) is 2. The summed E-state index contributed by atoms with van der Waals surface area (Å²) in [6.07, 6.45) is 1.64. The van der Waals surface area contributed by atoms with E-state index in [9.17, 15) is 13.2 Å². The summed E-state index contributed by atoms with van der Waals surface area (Å²) in [4.78, 5) is 12.1. The second-order valence-corrected chi connectivity index (χ2v) is 8.44. The van der Waals surface area contributed by atoms with Crippen LogP contribution in [0.4, 0.5) is 5.69 Å². The summed E-state index contributed by atoms with van der Waals surface area (Å²) >= 11 is 0. The average molecular weight is 401 g/mol. The third-order valence-corrected chi connectivity index (χ3v) is 5.14. The normalized spacial score (nSPS) is 18.1. The first-order valence-corrected chi connectivity index (χ1v) is 10.5. The maximum Gasteiger partial charge on any atom is 0.240 e. The van der Waals surface area contributed by atoms with E-state index in [0.717, 1.165) is 23.1 Å². The Morgan fingerprint density at radius 1 is 1.14 bits per heavy atom. The molecule has 2 aromatic rings. The van der Waals surface area contributed by atoms with Gasteiger partial charge in [-0.15, -0.1) is 0 Å². The second-order valence-electron chi connectivity index (χ2n) is 6.69. The van der Waals surface area contributed by atoms with Gasteiger partial charge in [0.05, 0.1) is 18.0 Å². The fourth-order valence-electron chi connectivity index (χ4n) is 3.30. The molecule has 2 aliphatic rings. The van der Waals surface area contributed by atoms with Crippen molar-refractivity contribution in [1.29, 1.82) is 0 Å². The van der Waals surface area contributed by atoms with Gasteiger partial charge in [0, 0.05) is 19.0 Å². The number of hydrogen-bond donors (Lipinski definition) is 1. The minimum absolute atomic E-state index is 0.159. The van der Waals surface area contributed by atoms with Crippen molar-refractivity contribution in [1.82, 2.24) is 5.01 Å². The minimum atomic E-state index is -3.33. The molecule has 2 aliphatic heterocycles. The highest BCUT2D eigenvalue weighted by Crippen LogP contribution is 2.39. The zero-order valence-electron chi connectivity index (χ0n) is 15.4. The molecule has 0 aliphatic carbocycles. The Hall–Kier alpha value is -3.07. The Labute approximate surface area is 162 Å². The highest BCUT2D eigenvalue weighted by Gasteiger charge is 2.32. The zero-order valence-corrected chi connectivity index (χ0v) is 16.2. The van der Waals surface area contributed by atoms with Crippen LogP contribution >= 0.6 is 0 Å². The molecular weight excluding hydrogens is 382 g/mol. The van der Waals surface area contributed by atoms with Crippen molar-refractivity contribution in [3.8, 4) is 11.5 Å². The molecule has 9 heteroatoms. The number of amides is 1. The summed E-state index contributed by atoms with van der Waals surface area (Å²) in [5.41, 5.74) is 2.96. The number of carbonyl (C=O) groups excluding carboxylic acids is 1. The maximum absolute atomic E-state index is 12.1. The molecule has 0 bridgehead atoms. The Morgan fingerprint density at radius 2 is 1.86 bits per heavy atom. The first-order chi connectivity index (χ1) is 13.3. The van der Waals surface area contributed by atoms with Crippen LogP contribution in [0.25, 0.3) is 0 Å². The first kappa shape index (κ1) is 18.3. The predicted molar refractivity (Wildman–Crippen MR) is 104 cm³/mol. The van der Waals surface area contributed by atoms with E-state index in [0.29, 0.717) is 23.6 Å². The Balaban J connectivity index is 1.59. The standard InChI is InChI=1S/C19H19N3O5S/c1-12(23)22-17(14-5-8-18-19(9-14)27-11-26-18)10-16(20-22)13-3-6-15(7-4-13)21-28(2,24)25/h3-9,17,21H,10-11H2,1-2H3. The van der Waals surface area contributed by atoms with Gasteiger partial charge in [-0.25, -0.2) is 13.4 Å². The highest BCUT2D eigenvalue weighted by atomic mass is 32.2. The predicted octanol–water partition coefficient (Wildman–Crippen LogP) is 2.48. The summed E-state index contributed by atoms with van der Waals surface area (Å²) < 4.78 is 35.9. The summed E-state index contributed by atoms with van der Waals surface area (Å²) in [5.74, 6) is 1.19. The highest BCUT2D eigenvalue weighted by molar-refractivity contribution is 7.92. The van der Waals surface area contributed by atoms with Gasteiger partial charge in [-0.2, -0.15) is 5.10 Å². The number of hydrogen-bond acceptors (Lipinski definition) is 6. The molecule has 28 heavy (non-hydrogen) atoms. The molecule has 0 fully saturated rings. The fourth-order valence-corrected chi connectivity index (χ4v) is 3.86. The number of hydrazone groups is 1. The minimum Gasteiger partial charge on any atom is -0.454 e. The lowest BCUT2D eigenvalue weighted by atomic mass is 9.98. The van der Waals surface area contributed by atoms with E-state index in [1.54, 1.807) is 24.3 Å². The molecule has 0 spiro atoms. The van der Waals surface area contributed by atoms with Crippen molar-refractivity contribution >= 4 is 27.3 Å². The van der Waals surface area contributed by atoms with Gasteiger partial charge in [-0.1, -0.05) is 18.2 Å². The summed E-state index contributed by atoms with van der Waals surface area (Å²) in [5, 5.41) is 5.97. The van der Waals surface area contributed by atoms with Gasteiger partial charge < -0.3 is 9.47 Å². The van der Waals surface area contributed by atoms with E-state index < -0.39 is 10.0 Å². The SMILES string of the molecule is CC(=O)N1N=C(c2ccc(NS(C)(=O)=O)cc2)CC1c1ccc2c(c1)OCO2. The van der Waals surface area contributed by atoms with Gasteiger partial charge in [-0.05, 0) is 35.4 Å². The van der Waals surface area contributed by atoms with E-state index in [4.69, 9.17) is 9.47 Å². The Morgan fingerprint density at radius 3 is 2.54 bits per heavy atom. The number of rotatable bonds is 4. The fraction of sp³-hybridized carbons (Fsp3) is 0.263. The average Bonchev–Trinajstić information content (AvgIpc) is 3.27. The number of benzene rings is 2. The number of ether oxygens (including phenoxy) is 2. The van der Waals surface area contributed by atoms with Gasteiger partial charge in [0.2, 0.25) is 22.7 Å². The van der Waals surface area contributed by atoms with E-state index in [2.05, 4.69) is 9.82 Å². The van der Waals surface area contributed by atoms with Crippen molar-refractivity contribution in [2.45, 2.75) is 19.4 Å². The number of carbonyl (C=O) groups is 1. The monoisotopic (exact) mass is 401 g/mol. The van der Waals surface area contributed by atoms with Crippen molar-refractivity contribution < 1.29 is 22.7 Å². The third-order valence-electron chi connectivity index (χ3n) is 4.54. The zero-order chi connectivity index (χ0) is 19.9. The maximum atomic E-state index is 12.1. The smallest absolute Gasteiger partial charge is 0.240 e. The topological polar surface area (TPSA) is 97.3 Å². The van der Waals surface area contributed by atoms with Crippen LogP contribution in [0.15, 0.2) is 47.6 Å². The molecule has 146 valence electrons. The Bertz CT molecular complexity index is 1060. The lowest BCUT2D eigenvalue weighted by molar-refractivity contribution is -0.130. The van der Waals surface area contributed by atoms with Gasteiger partial charge in [0.1, 0.15) is 0 Å². The van der Waals surface area contributed by atoms with E-state index in [1.165, 1.54) is 11.9 Å². The van der Waals surface area contributed by atoms with Crippen LogP contribution in [0, 0.1) is 0 Å². The quantitative estimate of drug-likeness (QED) is 0.849.